The van der Waals surface area contributed by atoms with E-state index in [1.165, 1.54) is 22.9 Å². The highest BCUT2D eigenvalue weighted by atomic mass is 32.2. The van der Waals surface area contributed by atoms with Crippen LogP contribution >= 0.6 is 11.8 Å². The van der Waals surface area contributed by atoms with Gasteiger partial charge in [0.1, 0.15) is 0 Å². The van der Waals surface area contributed by atoms with E-state index in [-0.39, 0.29) is 11.7 Å². The lowest BCUT2D eigenvalue weighted by atomic mass is 9.82. The molecular weight excluding hydrogens is 308 g/mol. The van der Waals surface area contributed by atoms with Gasteiger partial charge in [0, 0.05) is 12.6 Å². The van der Waals surface area contributed by atoms with E-state index in [9.17, 15) is 4.79 Å². The fourth-order valence-corrected chi connectivity index (χ4v) is 3.45. The van der Waals surface area contributed by atoms with Crippen molar-refractivity contribution in [2.24, 2.45) is 0 Å². The molecule has 0 saturated carbocycles. The predicted molar refractivity (Wildman–Crippen MR) is 89.1 cm³/mol. The number of hydrogen-bond acceptors (Lipinski definition) is 5. The molecule has 0 spiro atoms. The van der Waals surface area contributed by atoms with Crippen LogP contribution in [0, 0.1) is 6.92 Å². The van der Waals surface area contributed by atoms with Gasteiger partial charge < -0.3 is 0 Å². The lowest BCUT2D eigenvalue weighted by Gasteiger charge is -2.23. The molecule has 0 bridgehead atoms. The van der Waals surface area contributed by atoms with Gasteiger partial charge in [-0.05, 0) is 31.1 Å². The number of ketones is 1. The molecule has 1 unspecified atom stereocenters. The summed E-state index contributed by atoms with van der Waals surface area (Å²) in [5.74, 6) is 0.881. The molecule has 1 aliphatic rings. The number of aryl methyl sites for hydroxylation is 1. The Morgan fingerprint density at radius 2 is 2.13 bits per heavy atom. The van der Waals surface area contributed by atoms with Crippen molar-refractivity contribution in [3.05, 3.63) is 52.8 Å². The number of aromatic nitrogens is 4. The third-order valence-corrected chi connectivity index (χ3v) is 4.80. The minimum atomic E-state index is 0.133. The first-order valence-electron chi connectivity index (χ1n) is 7.54. The van der Waals surface area contributed by atoms with Crippen molar-refractivity contribution in [2.75, 3.05) is 6.26 Å². The average Bonchev–Trinajstić information content (AvgIpc) is 2.95. The summed E-state index contributed by atoms with van der Waals surface area (Å²) in [7, 11) is 0. The van der Waals surface area contributed by atoms with Crippen LogP contribution in [0.25, 0.3) is 5.78 Å². The molecule has 4 rings (SSSR count). The maximum Gasteiger partial charge on any atom is 0.253 e. The monoisotopic (exact) mass is 324 g/mol. The van der Waals surface area contributed by atoms with Gasteiger partial charge in [0.25, 0.3) is 5.78 Å². The molecule has 0 N–H and O–H groups in total. The highest BCUT2D eigenvalue weighted by molar-refractivity contribution is 7.98. The highest BCUT2D eigenvalue weighted by Gasteiger charge is 2.28. The van der Waals surface area contributed by atoms with Crippen LogP contribution in [0.4, 0.5) is 0 Å². The molecule has 0 aliphatic heterocycles. The smallest absolute Gasteiger partial charge is 0.253 e. The number of hydrogen-bond donors (Lipinski definition) is 0. The SMILES string of the molecule is CSc1nc2nc3c(cn2n1)C(=O)CC(c1cccc(C)c1)C3. The number of benzene rings is 1. The Balaban J connectivity index is 1.77. The summed E-state index contributed by atoms with van der Waals surface area (Å²) in [6, 6.07) is 8.37. The van der Waals surface area contributed by atoms with E-state index in [4.69, 9.17) is 0 Å². The Morgan fingerprint density at radius 3 is 2.91 bits per heavy atom. The van der Waals surface area contributed by atoms with Gasteiger partial charge in [-0.1, -0.05) is 41.6 Å². The van der Waals surface area contributed by atoms with Gasteiger partial charge in [-0.15, -0.1) is 5.10 Å². The zero-order chi connectivity index (χ0) is 16.0. The van der Waals surface area contributed by atoms with Crippen LogP contribution < -0.4 is 0 Å². The number of rotatable bonds is 2. The zero-order valence-electron chi connectivity index (χ0n) is 13.0. The minimum Gasteiger partial charge on any atom is -0.294 e. The summed E-state index contributed by atoms with van der Waals surface area (Å²) in [4.78, 5) is 21.5. The van der Waals surface area contributed by atoms with Crippen molar-refractivity contribution >= 4 is 23.3 Å². The van der Waals surface area contributed by atoms with Gasteiger partial charge in [-0.25, -0.2) is 9.50 Å². The summed E-state index contributed by atoms with van der Waals surface area (Å²) in [6.45, 7) is 2.07. The number of nitrogens with zero attached hydrogens (tertiary/aromatic N) is 4. The van der Waals surface area contributed by atoms with Gasteiger partial charge in [0.05, 0.1) is 11.3 Å². The van der Waals surface area contributed by atoms with Crippen molar-refractivity contribution in [3.63, 3.8) is 0 Å². The Kier molecular flexibility index (Phi) is 3.41. The standard InChI is InChI=1S/C17H16N4OS/c1-10-4-3-5-11(6-10)12-7-14-13(15(22)8-12)9-21-16(18-14)19-17(20-21)23-2/h3-6,9,12H,7-8H2,1-2H3. The second-order valence-electron chi connectivity index (χ2n) is 5.89. The molecule has 0 fully saturated rings. The zero-order valence-corrected chi connectivity index (χ0v) is 13.8. The summed E-state index contributed by atoms with van der Waals surface area (Å²) in [6.07, 6.45) is 4.99. The first-order chi connectivity index (χ1) is 11.1. The van der Waals surface area contributed by atoms with Crippen LogP contribution in [-0.2, 0) is 6.42 Å². The van der Waals surface area contributed by atoms with Gasteiger partial charge in [0.2, 0.25) is 5.16 Å². The lowest BCUT2D eigenvalue weighted by Crippen LogP contribution is -2.21. The van der Waals surface area contributed by atoms with Crippen molar-refractivity contribution in [1.29, 1.82) is 0 Å². The van der Waals surface area contributed by atoms with E-state index in [1.807, 2.05) is 12.3 Å². The number of carbonyl (C=O) groups excluding carboxylic acids is 1. The van der Waals surface area contributed by atoms with Gasteiger partial charge >= 0.3 is 0 Å². The maximum atomic E-state index is 12.6. The summed E-state index contributed by atoms with van der Waals surface area (Å²) in [5, 5.41) is 4.99. The van der Waals surface area contributed by atoms with E-state index in [2.05, 4.69) is 40.2 Å². The highest BCUT2D eigenvalue weighted by Crippen LogP contribution is 2.32. The molecule has 0 radical (unpaired) electrons. The molecule has 0 saturated heterocycles. The molecule has 0 amide bonds. The lowest BCUT2D eigenvalue weighted by molar-refractivity contribution is 0.0962. The van der Waals surface area contributed by atoms with Crippen molar-refractivity contribution in [2.45, 2.75) is 30.8 Å². The van der Waals surface area contributed by atoms with Gasteiger partial charge in [-0.3, -0.25) is 4.79 Å². The molecule has 1 aromatic carbocycles. The Bertz CT molecular complexity index is 918. The van der Waals surface area contributed by atoms with Crippen molar-refractivity contribution < 1.29 is 4.79 Å². The van der Waals surface area contributed by atoms with Crippen LogP contribution in [0.2, 0.25) is 0 Å². The molecule has 6 heteroatoms. The summed E-state index contributed by atoms with van der Waals surface area (Å²) < 4.78 is 1.61. The maximum absolute atomic E-state index is 12.6. The van der Waals surface area contributed by atoms with Crippen LogP contribution in [-0.4, -0.2) is 31.6 Å². The predicted octanol–water partition coefficient (Wildman–Crippen LogP) is 3.07. The molecule has 116 valence electrons. The van der Waals surface area contributed by atoms with E-state index in [0.29, 0.717) is 22.9 Å². The first-order valence-corrected chi connectivity index (χ1v) is 8.76. The molecule has 1 aliphatic carbocycles. The number of Topliss-reactive ketones (excluding diaryl/α,β-unsaturated/α-hetero) is 1. The minimum absolute atomic E-state index is 0.133. The van der Waals surface area contributed by atoms with Crippen LogP contribution in [0.15, 0.2) is 35.6 Å². The Hall–Kier alpha value is -2.21. The van der Waals surface area contributed by atoms with Crippen molar-refractivity contribution in [3.8, 4) is 0 Å². The molecule has 3 aromatic rings. The second-order valence-corrected chi connectivity index (χ2v) is 6.66. The third kappa shape index (κ3) is 2.53. The van der Waals surface area contributed by atoms with Gasteiger partial charge in [-0.2, -0.15) is 4.98 Å². The van der Waals surface area contributed by atoms with E-state index < -0.39 is 0 Å². The van der Waals surface area contributed by atoms with E-state index >= 15 is 0 Å². The fraction of sp³-hybridized carbons (Fsp3) is 0.294. The molecule has 2 heterocycles. The first kappa shape index (κ1) is 14.4. The molecular formula is C17H16N4OS. The summed E-state index contributed by atoms with van der Waals surface area (Å²) in [5.41, 5.74) is 3.93. The quantitative estimate of drug-likeness (QED) is 0.678. The normalized spacial score (nSPS) is 17.5. The topological polar surface area (TPSA) is 60.1 Å². The van der Waals surface area contributed by atoms with E-state index in [0.717, 1.165) is 12.1 Å². The third-order valence-electron chi connectivity index (χ3n) is 4.26. The second kappa shape index (κ2) is 5.45. The van der Waals surface area contributed by atoms with Gasteiger partial charge in [0.15, 0.2) is 5.78 Å². The molecule has 1 atom stereocenters. The molecule has 5 nitrogen and oxygen atoms in total. The number of thioether (sulfide) groups is 1. The largest absolute Gasteiger partial charge is 0.294 e. The fourth-order valence-electron chi connectivity index (χ4n) is 3.11. The number of carbonyl (C=O) groups is 1. The Morgan fingerprint density at radius 1 is 1.26 bits per heavy atom. The molecule has 23 heavy (non-hydrogen) atoms. The van der Waals surface area contributed by atoms with Crippen LogP contribution in [0.1, 0.15) is 39.5 Å². The number of fused-ring (bicyclic) bond motifs is 2. The summed E-state index contributed by atoms with van der Waals surface area (Å²) >= 11 is 1.47. The average molecular weight is 324 g/mol. The van der Waals surface area contributed by atoms with E-state index in [1.54, 1.807) is 10.7 Å². The Labute approximate surface area is 138 Å². The van der Waals surface area contributed by atoms with Crippen LogP contribution in [0.5, 0.6) is 0 Å². The van der Waals surface area contributed by atoms with Crippen molar-refractivity contribution in [1.82, 2.24) is 19.6 Å². The van der Waals surface area contributed by atoms with Crippen LogP contribution in [0.3, 0.4) is 0 Å². The molecule has 2 aromatic heterocycles.